The first-order valence-corrected chi connectivity index (χ1v) is 8.98. The molecule has 1 heterocycles. The Labute approximate surface area is 154 Å². The van der Waals surface area contributed by atoms with Gasteiger partial charge in [-0.2, -0.15) is 23.8 Å². The minimum Gasteiger partial charge on any atom is -0.323 e. The molecular formula is C15H12ClN6O3S. The summed E-state index contributed by atoms with van der Waals surface area (Å²) in [7, 11) is -4.33. The van der Waals surface area contributed by atoms with Gasteiger partial charge in [-0.3, -0.25) is 4.55 Å². The molecule has 3 rings (SSSR count). The van der Waals surface area contributed by atoms with Gasteiger partial charge >= 0.3 is 0 Å². The maximum Gasteiger partial charge on any atom is 0.294 e. The average Bonchev–Trinajstić information content (AvgIpc) is 2.62. The van der Waals surface area contributed by atoms with Crippen LogP contribution in [0.5, 0.6) is 0 Å². The molecule has 0 aliphatic rings. The van der Waals surface area contributed by atoms with Gasteiger partial charge in [-0.05, 0) is 30.3 Å². The van der Waals surface area contributed by atoms with Crippen molar-refractivity contribution in [1.29, 1.82) is 0 Å². The zero-order chi connectivity index (χ0) is 18.6. The predicted molar refractivity (Wildman–Crippen MR) is 96.2 cm³/mol. The molecule has 133 valence electrons. The normalized spacial score (nSPS) is 11.0. The number of aromatic nitrogens is 3. The monoisotopic (exact) mass is 391 g/mol. The van der Waals surface area contributed by atoms with Crippen LogP contribution in [0.2, 0.25) is 5.02 Å². The van der Waals surface area contributed by atoms with Crippen LogP contribution < -0.4 is 16.2 Å². The van der Waals surface area contributed by atoms with Crippen molar-refractivity contribution >= 4 is 45.0 Å². The molecule has 9 nitrogen and oxygen atoms in total. The molecule has 26 heavy (non-hydrogen) atoms. The molecule has 0 saturated heterocycles. The van der Waals surface area contributed by atoms with Crippen LogP contribution in [-0.2, 0) is 10.1 Å². The second-order valence-electron chi connectivity index (χ2n) is 4.93. The third-order valence-electron chi connectivity index (χ3n) is 3.10. The van der Waals surface area contributed by atoms with Crippen LogP contribution in [0, 0.1) is 0 Å². The van der Waals surface area contributed by atoms with Crippen LogP contribution >= 0.6 is 11.6 Å². The molecule has 0 bridgehead atoms. The molecule has 3 aromatic rings. The lowest BCUT2D eigenvalue weighted by molar-refractivity contribution is 0.483. The number of para-hydroxylation sites is 1. The number of halogens is 1. The number of hydrogen-bond donors (Lipinski definition) is 3. The molecule has 1 aromatic heterocycles. The molecule has 0 saturated carbocycles. The Kier molecular flexibility index (Phi) is 5.16. The van der Waals surface area contributed by atoms with E-state index in [2.05, 4.69) is 31.1 Å². The fourth-order valence-corrected chi connectivity index (χ4v) is 2.70. The van der Waals surface area contributed by atoms with Crippen LogP contribution in [-0.4, -0.2) is 27.9 Å². The van der Waals surface area contributed by atoms with E-state index in [1.807, 2.05) is 30.3 Å². The maximum absolute atomic E-state index is 11.1. The smallest absolute Gasteiger partial charge is 0.294 e. The zero-order valence-electron chi connectivity index (χ0n) is 13.0. The summed E-state index contributed by atoms with van der Waals surface area (Å²) in [5, 5.41) is 2.91. The van der Waals surface area contributed by atoms with Crippen molar-refractivity contribution in [3.8, 4) is 0 Å². The highest BCUT2D eigenvalue weighted by atomic mass is 35.5. The van der Waals surface area contributed by atoms with Crippen molar-refractivity contribution in [1.82, 2.24) is 20.4 Å². The van der Waals surface area contributed by atoms with Crippen molar-refractivity contribution < 1.29 is 13.0 Å². The third-order valence-corrected chi connectivity index (χ3v) is 4.26. The van der Waals surface area contributed by atoms with E-state index >= 15 is 0 Å². The second-order valence-corrected chi connectivity index (χ2v) is 6.76. The van der Waals surface area contributed by atoms with Crippen molar-refractivity contribution in [3.63, 3.8) is 0 Å². The van der Waals surface area contributed by atoms with Gasteiger partial charge in [0, 0.05) is 0 Å². The molecule has 0 aliphatic carbocycles. The van der Waals surface area contributed by atoms with Gasteiger partial charge in [0.05, 0.1) is 21.3 Å². The molecule has 0 amide bonds. The van der Waals surface area contributed by atoms with Gasteiger partial charge in [-0.15, -0.1) is 0 Å². The summed E-state index contributed by atoms with van der Waals surface area (Å²) in [4.78, 5) is 11.7. The van der Waals surface area contributed by atoms with E-state index in [4.69, 9.17) is 16.2 Å². The first kappa shape index (κ1) is 17.9. The van der Waals surface area contributed by atoms with Crippen molar-refractivity contribution in [2.45, 2.75) is 4.90 Å². The molecule has 0 unspecified atom stereocenters. The molecule has 11 heteroatoms. The molecular weight excluding hydrogens is 380 g/mol. The Balaban J connectivity index is 1.72. The largest absolute Gasteiger partial charge is 0.323 e. The van der Waals surface area contributed by atoms with Gasteiger partial charge in [0.1, 0.15) is 6.33 Å². The highest BCUT2D eigenvalue weighted by Gasteiger charge is 2.12. The second kappa shape index (κ2) is 7.52. The first-order chi connectivity index (χ1) is 12.4. The first-order valence-electron chi connectivity index (χ1n) is 7.17. The van der Waals surface area contributed by atoms with E-state index in [9.17, 15) is 8.42 Å². The Morgan fingerprint density at radius 3 is 2.46 bits per heavy atom. The van der Waals surface area contributed by atoms with Gasteiger partial charge < -0.3 is 5.32 Å². The maximum atomic E-state index is 11.1. The van der Waals surface area contributed by atoms with E-state index in [0.29, 0.717) is 11.4 Å². The standard InChI is InChI=1S/C15H12ClN6O3S/c16-12-8-11(26(23,24)25)6-7-13(12)19-14-17-9-18-15(20-14)22-21-10-4-2-1-3-5-10/h1-9H,(H,23,24,25)(H2,17,18,19,20,22). The van der Waals surface area contributed by atoms with E-state index < -0.39 is 10.1 Å². The van der Waals surface area contributed by atoms with Gasteiger partial charge in [-0.25, -0.2) is 10.4 Å². The van der Waals surface area contributed by atoms with Crippen LogP contribution in [0.15, 0.2) is 59.8 Å². The molecule has 0 spiro atoms. The van der Waals surface area contributed by atoms with E-state index in [-0.39, 0.29) is 21.8 Å². The van der Waals surface area contributed by atoms with Crippen LogP contribution in [0.25, 0.3) is 0 Å². The molecule has 2 aromatic carbocycles. The zero-order valence-corrected chi connectivity index (χ0v) is 14.6. The minimum absolute atomic E-state index is 0.0732. The Hall–Kier alpha value is -2.95. The summed E-state index contributed by atoms with van der Waals surface area (Å²) < 4.78 is 31.3. The molecule has 0 atom stereocenters. The summed E-state index contributed by atoms with van der Waals surface area (Å²) in [6.45, 7) is 0. The highest BCUT2D eigenvalue weighted by molar-refractivity contribution is 7.85. The topological polar surface area (TPSA) is 131 Å². The average molecular weight is 392 g/mol. The van der Waals surface area contributed by atoms with Crippen LogP contribution in [0.4, 0.5) is 23.3 Å². The quantitative estimate of drug-likeness (QED) is 0.431. The Morgan fingerprint density at radius 1 is 1.04 bits per heavy atom. The van der Waals surface area contributed by atoms with Crippen molar-refractivity contribution in [2.24, 2.45) is 0 Å². The van der Waals surface area contributed by atoms with E-state index in [0.717, 1.165) is 6.07 Å². The fourth-order valence-electron chi connectivity index (χ4n) is 1.91. The number of anilines is 3. The summed E-state index contributed by atoms with van der Waals surface area (Å²) in [6.07, 6.45) is 1.28. The summed E-state index contributed by atoms with van der Waals surface area (Å²) >= 11 is 6.02. The van der Waals surface area contributed by atoms with Gasteiger partial charge in [0.15, 0.2) is 0 Å². The molecule has 0 aliphatic heterocycles. The number of nitrogens with one attached hydrogen (secondary N) is 2. The lowest BCUT2D eigenvalue weighted by Crippen LogP contribution is -2.11. The van der Waals surface area contributed by atoms with Gasteiger partial charge in [0.2, 0.25) is 11.9 Å². The van der Waals surface area contributed by atoms with Crippen LogP contribution in [0.3, 0.4) is 0 Å². The predicted octanol–water partition coefficient (Wildman–Crippen LogP) is 2.78. The number of benzene rings is 2. The Morgan fingerprint density at radius 2 is 1.77 bits per heavy atom. The lowest BCUT2D eigenvalue weighted by atomic mass is 10.3. The van der Waals surface area contributed by atoms with E-state index in [1.54, 1.807) is 0 Å². The minimum atomic E-state index is -4.33. The summed E-state index contributed by atoms with van der Waals surface area (Å²) in [6, 6.07) is 12.9. The van der Waals surface area contributed by atoms with Crippen molar-refractivity contribution in [3.05, 3.63) is 59.9 Å². The van der Waals surface area contributed by atoms with Gasteiger partial charge in [0.25, 0.3) is 10.1 Å². The molecule has 1 radical (unpaired) electrons. The number of rotatable bonds is 6. The van der Waals surface area contributed by atoms with Crippen LogP contribution in [0.1, 0.15) is 0 Å². The lowest BCUT2D eigenvalue weighted by Gasteiger charge is -2.09. The number of hydrogen-bond acceptors (Lipinski definition) is 7. The summed E-state index contributed by atoms with van der Waals surface area (Å²) in [5.74, 6) is 0.379. The SMILES string of the molecule is O=S(=O)(O)c1ccc(Nc2ncnc(N[N]c3ccccc3)n2)c(Cl)c1. The molecule has 0 fully saturated rings. The fraction of sp³-hybridized carbons (Fsp3) is 0. The highest BCUT2D eigenvalue weighted by Crippen LogP contribution is 2.27. The summed E-state index contributed by atoms with van der Waals surface area (Å²) in [5.41, 5.74) is 7.90. The number of nitrogens with zero attached hydrogens (tertiary/aromatic N) is 4. The van der Waals surface area contributed by atoms with E-state index in [1.165, 1.54) is 18.5 Å². The Bertz CT molecular complexity index is 1020. The third kappa shape index (κ3) is 4.57. The molecule has 3 N–H and O–H groups in total. The van der Waals surface area contributed by atoms with Crippen molar-refractivity contribution in [2.75, 3.05) is 10.7 Å². The van der Waals surface area contributed by atoms with Gasteiger partial charge in [-0.1, -0.05) is 29.8 Å².